The minimum Gasteiger partial charge on any atom is -0.497 e. The monoisotopic (exact) mass is 442 g/mol. The Hall–Kier alpha value is -4.33. The van der Waals surface area contributed by atoms with Gasteiger partial charge in [0.25, 0.3) is 5.56 Å². The Kier molecular flexibility index (Phi) is 5.18. The summed E-state index contributed by atoms with van der Waals surface area (Å²) in [5.74, 6) is 1.44. The van der Waals surface area contributed by atoms with E-state index in [2.05, 4.69) is 4.98 Å². The van der Waals surface area contributed by atoms with E-state index in [0.717, 1.165) is 16.9 Å². The highest BCUT2D eigenvalue weighted by Gasteiger charge is 2.19. The molecule has 0 amide bonds. The standard InChI is InChI=1S/C25H22N4O4/c1-32-19-10-6-17(7-11-19)15-28-23-22(26-21-5-3-4-14-27(21)23)24(30)29(25(28)31)16-18-8-12-20(33-2)13-9-18/h3-14H,15-16H2,1-2H3. The number of methoxy groups -OCH3 is 2. The number of hydrogen-bond donors (Lipinski definition) is 0. The van der Waals surface area contributed by atoms with Gasteiger partial charge in [-0.1, -0.05) is 30.3 Å². The lowest BCUT2D eigenvalue weighted by Crippen LogP contribution is -2.40. The number of benzene rings is 2. The zero-order valence-corrected chi connectivity index (χ0v) is 18.3. The zero-order valence-electron chi connectivity index (χ0n) is 18.3. The lowest BCUT2D eigenvalue weighted by molar-refractivity contribution is 0.414. The number of aromatic nitrogens is 4. The van der Waals surface area contributed by atoms with Crippen LogP contribution >= 0.6 is 0 Å². The summed E-state index contributed by atoms with van der Waals surface area (Å²) in [6.45, 7) is 0.416. The van der Waals surface area contributed by atoms with Crippen LogP contribution < -0.4 is 20.7 Å². The number of ether oxygens (including phenoxy) is 2. The van der Waals surface area contributed by atoms with Crippen LogP contribution in [0.15, 0.2) is 82.5 Å². The minimum absolute atomic E-state index is 0.133. The third kappa shape index (κ3) is 3.65. The smallest absolute Gasteiger partial charge is 0.333 e. The summed E-state index contributed by atoms with van der Waals surface area (Å²) >= 11 is 0. The second-order valence-electron chi connectivity index (χ2n) is 7.67. The van der Waals surface area contributed by atoms with E-state index < -0.39 is 11.2 Å². The van der Waals surface area contributed by atoms with E-state index in [1.165, 1.54) is 4.57 Å². The Bertz CT molecular complexity index is 1560. The molecule has 0 aliphatic rings. The number of nitrogens with zero attached hydrogens (tertiary/aromatic N) is 4. The molecule has 5 aromatic rings. The summed E-state index contributed by atoms with van der Waals surface area (Å²) < 4.78 is 15.1. The first-order chi connectivity index (χ1) is 16.1. The van der Waals surface area contributed by atoms with Crippen LogP contribution in [-0.4, -0.2) is 32.7 Å². The molecule has 2 aromatic carbocycles. The molecule has 3 aromatic heterocycles. The zero-order chi connectivity index (χ0) is 22.9. The normalized spacial score (nSPS) is 11.2. The average molecular weight is 442 g/mol. The molecular formula is C25H22N4O4. The Morgan fingerprint density at radius 3 is 1.91 bits per heavy atom. The Morgan fingerprint density at radius 1 is 0.758 bits per heavy atom. The van der Waals surface area contributed by atoms with E-state index in [1.807, 2.05) is 60.8 Å². The molecule has 0 saturated heterocycles. The Morgan fingerprint density at radius 2 is 1.33 bits per heavy atom. The fourth-order valence-electron chi connectivity index (χ4n) is 3.94. The first-order valence-corrected chi connectivity index (χ1v) is 10.5. The van der Waals surface area contributed by atoms with Gasteiger partial charge in [-0.15, -0.1) is 0 Å². The molecule has 3 heterocycles. The van der Waals surface area contributed by atoms with E-state index in [0.29, 0.717) is 17.0 Å². The lowest BCUT2D eigenvalue weighted by atomic mass is 10.2. The highest BCUT2D eigenvalue weighted by Crippen LogP contribution is 2.17. The molecule has 166 valence electrons. The van der Waals surface area contributed by atoms with Crippen LogP contribution in [0.5, 0.6) is 11.5 Å². The topological polar surface area (TPSA) is 79.8 Å². The Balaban J connectivity index is 1.71. The van der Waals surface area contributed by atoms with Gasteiger partial charge < -0.3 is 9.47 Å². The van der Waals surface area contributed by atoms with E-state index in [9.17, 15) is 9.59 Å². The third-order valence-electron chi connectivity index (χ3n) is 5.67. The summed E-state index contributed by atoms with van der Waals surface area (Å²) in [7, 11) is 3.20. The maximum Gasteiger partial charge on any atom is 0.333 e. The molecular weight excluding hydrogens is 420 g/mol. The van der Waals surface area contributed by atoms with Gasteiger partial charge in [0.15, 0.2) is 11.2 Å². The number of fused-ring (bicyclic) bond motifs is 3. The average Bonchev–Trinajstić information content (AvgIpc) is 3.25. The summed E-state index contributed by atoms with van der Waals surface area (Å²) in [6, 6.07) is 20.3. The van der Waals surface area contributed by atoms with Crippen molar-refractivity contribution in [2.75, 3.05) is 14.2 Å². The number of hydrogen-bond acceptors (Lipinski definition) is 5. The molecule has 0 spiro atoms. The number of rotatable bonds is 6. The van der Waals surface area contributed by atoms with E-state index in [-0.39, 0.29) is 18.6 Å². The van der Waals surface area contributed by atoms with Crippen molar-refractivity contribution in [1.82, 2.24) is 18.5 Å². The molecule has 0 unspecified atom stereocenters. The summed E-state index contributed by atoms with van der Waals surface area (Å²) in [5, 5.41) is 0. The number of pyridine rings is 1. The predicted octanol–water partition coefficient (Wildman–Crippen LogP) is 2.92. The molecule has 0 aliphatic heterocycles. The van der Waals surface area contributed by atoms with Gasteiger partial charge in [0.1, 0.15) is 17.1 Å². The van der Waals surface area contributed by atoms with Crippen LogP contribution in [0.1, 0.15) is 11.1 Å². The maximum absolute atomic E-state index is 13.6. The number of imidazole rings is 1. The van der Waals surface area contributed by atoms with Gasteiger partial charge in [0.05, 0.1) is 27.3 Å². The summed E-state index contributed by atoms with van der Waals surface area (Å²) in [6.07, 6.45) is 1.81. The first kappa shape index (κ1) is 20.6. The molecule has 0 atom stereocenters. The lowest BCUT2D eigenvalue weighted by Gasteiger charge is -2.13. The molecule has 0 N–H and O–H groups in total. The van der Waals surface area contributed by atoms with Crippen molar-refractivity contribution in [3.8, 4) is 11.5 Å². The van der Waals surface area contributed by atoms with Crippen molar-refractivity contribution in [2.45, 2.75) is 13.1 Å². The molecule has 0 aliphatic carbocycles. The summed E-state index contributed by atoms with van der Waals surface area (Å²) in [4.78, 5) is 31.5. The quantitative estimate of drug-likeness (QED) is 0.404. The van der Waals surface area contributed by atoms with Gasteiger partial charge in [0, 0.05) is 6.20 Å². The summed E-state index contributed by atoms with van der Waals surface area (Å²) in [5.41, 5.74) is 2.24. The molecule has 8 heteroatoms. The minimum atomic E-state index is -0.416. The molecule has 0 saturated carbocycles. The first-order valence-electron chi connectivity index (χ1n) is 10.5. The van der Waals surface area contributed by atoms with Gasteiger partial charge in [-0.2, -0.15) is 0 Å². The van der Waals surface area contributed by atoms with Crippen LogP contribution in [-0.2, 0) is 13.1 Å². The Labute approximate surface area is 188 Å². The largest absolute Gasteiger partial charge is 0.497 e. The van der Waals surface area contributed by atoms with Crippen molar-refractivity contribution < 1.29 is 9.47 Å². The highest BCUT2D eigenvalue weighted by molar-refractivity contribution is 5.76. The predicted molar refractivity (Wildman–Crippen MR) is 125 cm³/mol. The van der Waals surface area contributed by atoms with Crippen molar-refractivity contribution in [2.24, 2.45) is 0 Å². The van der Waals surface area contributed by atoms with Gasteiger partial charge in [-0.05, 0) is 47.5 Å². The van der Waals surface area contributed by atoms with Crippen LogP contribution in [0.2, 0.25) is 0 Å². The highest BCUT2D eigenvalue weighted by atomic mass is 16.5. The third-order valence-corrected chi connectivity index (χ3v) is 5.67. The van der Waals surface area contributed by atoms with Crippen molar-refractivity contribution in [3.63, 3.8) is 0 Å². The van der Waals surface area contributed by atoms with Crippen LogP contribution in [0.25, 0.3) is 16.8 Å². The van der Waals surface area contributed by atoms with Gasteiger partial charge in [-0.25, -0.2) is 9.78 Å². The van der Waals surface area contributed by atoms with E-state index in [4.69, 9.17) is 9.47 Å². The van der Waals surface area contributed by atoms with Crippen molar-refractivity contribution >= 4 is 16.8 Å². The molecule has 8 nitrogen and oxygen atoms in total. The van der Waals surface area contributed by atoms with Crippen molar-refractivity contribution in [1.29, 1.82) is 0 Å². The molecule has 0 bridgehead atoms. The molecule has 0 fully saturated rings. The van der Waals surface area contributed by atoms with Crippen LogP contribution in [0.3, 0.4) is 0 Å². The second kappa shape index (κ2) is 8.31. The van der Waals surface area contributed by atoms with Gasteiger partial charge in [-0.3, -0.25) is 18.3 Å². The van der Waals surface area contributed by atoms with Gasteiger partial charge >= 0.3 is 5.69 Å². The maximum atomic E-state index is 13.6. The SMILES string of the molecule is COc1ccc(Cn2c(=O)c3nc4ccccn4c3n(Cc3ccc(OC)cc3)c2=O)cc1. The fraction of sp³-hybridized carbons (Fsp3) is 0.160. The fourth-order valence-corrected chi connectivity index (χ4v) is 3.94. The molecule has 33 heavy (non-hydrogen) atoms. The van der Waals surface area contributed by atoms with Crippen LogP contribution in [0.4, 0.5) is 0 Å². The van der Waals surface area contributed by atoms with Crippen LogP contribution in [0, 0.1) is 0 Å². The van der Waals surface area contributed by atoms with E-state index >= 15 is 0 Å². The van der Waals surface area contributed by atoms with Crippen molar-refractivity contribution in [3.05, 3.63) is 105 Å². The molecule has 5 rings (SSSR count). The second-order valence-corrected chi connectivity index (χ2v) is 7.67. The van der Waals surface area contributed by atoms with Gasteiger partial charge in [0.2, 0.25) is 0 Å². The molecule has 0 radical (unpaired) electrons. The van der Waals surface area contributed by atoms with E-state index in [1.54, 1.807) is 35.3 Å².